The first-order valence-electron chi connectivity index (χ1n) is 6.69. The number of rotatable bonds is 6. The molecule has 4 heteroatoms. The molecule has 0 aliphatic carbocycles. The third-order valence-electron chi connectivity index (χ3n) is 3.35. The van der Waals surface area contributed by atoms with E-state index < -0.39 is 0 Å². The molecule has 0 saturated carbocycles. The Morgan fingerprint density at radius 3 is 3.06 bits per heavy atom. The van der Waals surface area contributed by atoms with Crippen LogP contribution in [0.5, 0.6) is 0 Å². The number of aryl methyl sites for hydroxylation is 1. The summed E-state index contributed by atoms with van der Waals surface area (Å²) in [5.74, 6) is 1.33. The second-order valence-corrected chi connectivity index (χ2v) is 5.97. The van der Waals surface area contributed by atoms with Gasteiger partial charge in [0.2, 0.25) is 0 Å². The number of hydrogen-bond donors (Lipinski definition) is 1. The topological polar surface area (TPSA) is 29.9 Å². The van der Waals surface area contributed by atoms with Crippen molar-refractivity contribution >= 4 is 11.8 Å². The molecule has 2 unspecified atom stereocenters. The van der Waals surface area contributed by atoms with E-state index in [9.17, 15) is 0 Å². The van der Waals surface area contributed by atoms with Gasteiger partial charge in [-0.15, -0.1) is 0 Å². The van der Waals surface area contributed by atoms with Crippen LogP contribution in [0.25, 0.3) is 0 Å². The van der Waals surface area contributed by atoms with E-state index in [1.807, 2.05) is 10.9 Å². The van der Waals surface area contributed by atoms with Gasteiger partial charge in [0.05, 0.1) is 6.20 Å². The third kappa shape index (κ3) is 3.49. The van der Waals surface area contributed by atoms with Crippen LogP contribution in [0.2, 0.25) is 0 Å². The molecule has 2 heterocycles. The molecule has 0 aromatic carbocycles. The van der Waals surface area contributed by atoms with Crippen molar-refractivity contribution in [1.82, 2.24) is 15.1 Å². The van der Waals surface area contributed by atoms with Gasteiger partial charge in [-0.25, -0.2) is 0 Å². The Morgan fingerprint density at radius 2 is 2.47 bits per heavy atom. The van der Waals surface area contributed by atoms with Crippen LogP contribution < -0.4 is 5.32 Å². The maximum absolute atomic E-state index is 4.36. The molecule has 0 radical (unpaired) electrons. The van der Waals surface area contributed by atoms with Gasteiger partial charge in [0.1, 0.15) is 0 Å². The third-order valence-corrected chi connectivity index (χ3v) is 4.86. The van der Waals surface area contributed by atoms with Crippen LogP contribution >= 0.6 is 11.8 Å². The monoisotopic (exact) mass is 253 g/mol. The van der Waals surface area contributed by atoms with Gasteiger partial charge in [-0.2, -0.15) is 16.9 Å². The lowest BCUT2D eigenvalue weighted by Gasteiger charge is -2.23. The molecule has 96 valence electrons. The SMILES string of the molecule is CCNC(Cc1cnn(CC)c1)C1CCCS1. The summed E-state index contributed by atoms with van der Waals surface area (Å²) in [5, 5.41) is 8.79. The highest BCUT2D eigenvalue weighted by molar-refractivity contribution is 8.00. The second-order valence-electron chi connectivity index (χ2n) is 4.62. The summed E-state index contributed by atoms with van der Waals surface area (Å²) >= 11 is 2.13. The van der Waals surface area contributed by atoms with Gasteiger partial charge in [-0.05, 0) is 44.0 Å². The van der Waals surface area contributed by atoms with Crippen LogP contribution in [-0.2, 0) is 13.0 Å². The van der Waals surface area contributed by atoms with Crippen molar-refractivity contribution in [3.63, 3.8) is 0 Å². The van der Waals surface area contributed by atoms with Crippen LogP contribution in [0.1, 0.15) is 32.3 Å². The zero-order chi connectivity index (χ0) is 12.1. The molecule has 0 bridgehead atoms. The smallest absolute Gasteiger partial charge is 0.0522 e. The molecule has 1 fully saturated rings. The Bertz CT molecular complexity index is 331. The van der Waals surface area contributed by atoms with Gasteiger partial charge in [-0.3, -0.25) is 4.68 Å². The average Bonchev–Trinajstić information content (AvgIpc) is 2.99. The zero-order valence-electron chi connectivity index (χ0n) is 10.9. The van der Waals surface area contributed by atoms with Crippen LogP contribution in [-0.4, -0.2) is 33.4 Å². The van der Waals surface area contributed by atoms with Crippen LogP contribution in [0.15, 0.2) is 12.4 Å². The predicted molar refractivity (Wildman–Crippen MR) is 74.5 cm³/mol. The molecule has 0 amide bonds. The van der Waals surface area contributed by atoms with Gasteiger partial charge < -0.3 is 5.32 Å². The number of likely N-dealkylation sites (N-methyl/N-ethyl adjacent to an activating group) is 1. The summed E-state index contributed by atoms with van der Waals surface area (Å²) in [4.78, 5) is 0. The second kappa shape index (κ2) is 6.45. The quantitative estimate of drug-likeness (QED) is 0.844. The maximum atomic E-state index is 4.36. The minimum absolute atomic E-state index is 0.613. The van der Waals surface area contributed by atoms with Crippen molar-refractivity contribution in [2.24, 2.45) is 0 Å². The molecule has 1 aliphatic rings. The van der Waals surface area contributed by atoms with Crippen LogP contribution in [0, 0.1) is 0 Å². The van der Waals surface area contributed by atoms with Gasteiger partial charge in [0.25, 0.3) is 0 Å². The number of aromatic nitrogens is 2. The Labute approximate surface area is 108 Å². The molecule has 1 aromatic heterocycles. The van der Waals surface area contributed by atoms with Crippen molar-refractivity contribution in [2.45, 2.75) is 50.9 Å². The average molecular weight is 253 g/mol. The lowest BCUT2D eigenvalue weighted by Crippen LogP contribution is -2.38. The highest BCUT2D eigenvalue weighted by atomic mass is 32.2. The lowest BCUT2D eigenvalue weighted by atomic mass is 10.0. The molecule has 2 rings (SSSR count). The van der Waals surface area contributed by atoms with Crippen LogP contribution in [0.4, 0.5) is 0 Å². The number of thioether (sulfide) groups is 1. The summed E-state index contributed by atoms with van der Waals surface area (Å²) < 4.78 is 2.01. The number of nitrogens with one attached hydrogen (secondary N) is 1. The number of nitrogens with zero attached hydrogens (tertiary/aromatic N) is 2. The Balaban J connectivity index is 1.96. The summed E-state index contributed by atoms with van der Waals surface area (Å²) in [6, 6.07) is 0.613. The molecular formula is C13H23N3S. The maximum Gasteiger partial charge on any atom is 0.0522 e. The molecule has 17 heavy (non-hydrogen) atoms. The predicted octanol–water partition coefficient (Wildman–Crippen LogP) is 2.32. The van der Waals surface area contributed by atoms with Crippen molar-refractivity contribution in [3.05, 3.63) is 18.0 Å². The molecular weight excluding hydrogens is 230 g/mol. The first-order chi connectivity index (χ1) is 8.33. The molecule has 0 spiro atoms. The van der Waals surface area contributed by atoms with Gasteiger partial charge in [0, 0.05) is 24.0 Å². The van der Waals surface area contributed by atoms with E-state index in [0.717, 1.165) is 24.8 Å². The molecule has 2 atom stereocenters. The minimum atomic E-state index is 0.613. The largest absolute Gasteiger partial charge is 0.313 e. The highest BCUT2D eigenvalue weighted by Gasteiger charge is 2.25. The number of hydrogen-bond acceptors (Lipinski definition) is 3. The van der Waals surface area contributed by atoms with E-state index in [1.54, 1.807) is 0 Å². The first kappa shape index (κ1) is 13.0. The molecule has 1 saturated heterocycles. The van der Waals surface area contributed by atoms with E-state index in [-0.39, 0.29) is 0 Å². The molecule has 1 aliphatic heterocycles. The summed E-state index contributed by atoms with van der Waals surface area (Å²) in [6.45, 7) is 6.35. The Morgan fingerprint density at radius 1 is 1.59 bits per heavy atom. The van der Waals surface area contributed by atoms with Crippen molar-refractivity contribution < 1.29 is 0 Å². The van der Waals surface area contributed by atoms with Crippen molar-refractivity contribution in [2.75, 3.05) is 12.3 Å². The Hall–Kier alpha value is -0.480. The summed E-state index contributed by atoms with van der Waals surface area (Å²) in [7, 11) is 0. The van der Waals surface area contributed by atoms with E-state index in [4.69, 9.17) is 0 Å². The minimum Gasteiger partial charge on any atom is -0.313 e. The van der Waals surface area contributed by atoms with Gasteiger partial charge in [0.15, 0.2) is 0 Å². The normalized spacial score (nSPS) is 21.9. The van der Waals surface area contributed by atoms with E-state index >= 15 is 0 Å². The first-order valence-corrected chi connectivity index (χ1v) is 7.74. The van der Waals surface area contributed by atoms with E-state index in [2.05, 4.69) is 42.2 Å². The Kier molecular flexibility index (Phi) is 4.92. The fourth-order valence-corrected chi connectivity index (χ4v) is 3.85. The van der Waals surface area contributed by atoms with Crippen molar-refractivity contribution in [3.8, 4) is 0 Å². The summed E-state index contributed by atoms with van der Waals surface area (Å²) in [6.07, 6.45) is 8.07. The van der Waals surface area contributed by atoms with Gasteiger partial charge in [-0.1, -0.05) is 6.92 Å². The van der Waals surface area contributed by atoms with Crippen LogP contribution in [0.3, 0.4) is 0 Å². The zero-order valence-corrected chi connectivity index (χ0v) is 11.7. The fraction of sp³-hybridized carbons (Fsp3) is 0.769. The summed E-state index contributed by atoms with van der Waals surface area (Å²) in [5.41, 5.74) is 1.37. The molecule has 1 aromatic rings. The molecule has 1 N–H and O–H groups in total. The van der Waals surface area contributed by atoms with E-state index in [1.165, 1.54) is 24.2 Å². The van der Waals surface area contributed by atoms with E-state index in [0.29, 0.717) is 6.04 Å². The lowest BCUT2D eigenvalue weighted by molar-refractivity contribution is 0.495. The fourth-order valence-electron chi connectivity index (χ4n) is 2.46. The molecule has 3 nitrogen and oxygen atoms in total. The van der Waals surface area contributed by atoms with Gasteiger partial charge >= 0.3 is 0 Å². The van der Waals surface area contributed by atoms with Crippen molar-refractivity contribution in [1.29, 1.82) is 0 Å². The highest BCUT2D eigenvalue weighted by Crippen LogP contribution is 2.30. The standard InChI is InChI=1S/C13H23N3S/c1-3-14-12(13-6-5-7-17-13)8-11-9-15-16(4-2)10-11/h9-10,12-14H,3-8H2,1-2H3.